The lowest BCUT2D eigenvalue weighted by Crippen LogP contribution is -2.32. The minimum Gasteiger partial charge on any atom is -0.462 e. The van der Waals surface area contributed by atoms with E-state index in [2.05, 4.69) is 0 Å². The third-order valence-electron chi connectivity index (χ3n) is 2.89. The van der Waals surface area contributed by atoms with Gasteiger partial charge in [0.25, 0.3) is 0 Å². The molecule has 0 saturated carbocycles. The molecule has 1 aromatic carbocycles. The van der Waals surface area contributed by atoms with Gasteiger partial charge in [0, 0.05) is 19.9 Å². The van der Waals surface area contributed by atoms with E-state index in [1.165, 1.54) is 14.2 Å². The Balaban J connectivity index is 2.47. The van der Waals surface area contributed by atoms with Crippen LogP contribution < -0.4 is 4.90 Å². The average Bonchev–Trinajstić information content (AvgIpc) is 2.55. The Morgan fingerprint density at radius 2 is 1.35 bits per heavy atom. The van der Waals surface area contributed by atoms with Crippen molar-refractivity contribution >= 4 is 17.6 Å². The van der Waals surface area contributed by atoms with Crippen LogP contribution in [0, 0.1) is 0 Å². The molecule has 0 aliphatic carbocycles. The van der Waals surface area contributed by atoms with Crippen molar-refractivity contribution in [2.45, 2.75) is 0 Å². The molecular weight excluding hydrogens is 302 g/mol. The Morgan fingerprint density at radius 3 is 1.78 bits per heavy atom. The zero-order valence-corrected chi connectivity index (χ0v) is 13.5. The lowest BCUT2D eigenvalue weighted by Gasteiger charge is -2.24. The topological polar surface area (TPSA) is 74.3 Å². The molecule has 1 aromatic rings. The molecule has 0 radical (unpaired) electrons. The van der Waals surface area contributed by atoms with Crippen molar-refractivity contribution in [2.75, 3.05) is 58.6 Å². The van der Waals surface area contributed by atoms with Crippen LogP contribution in [0.4, 0.5) is 5.69 Å². The standard InChI is InChI=1S/C16H23NO6/c1-20-12-15(18)22-10-8-17(14-6-4-3-5-7-14)9-11-23-16(19)13-21-2/h3-7H,8-13H2,1-2H3. The number of rotatable bonds is 11. The first kappa shape index (κ1) is 18.9. The van der Waals surface area contributed by atoms with Gasteiger partial charge in [-0.3, -0.25) is 0 Å². The first-order valence-electron chi connectivity index (χ1n) is 7.26. The van der Waals surface area contributed by atoms with E-state index in [-0.39, 0.29) is 26.4 Å². The summed E-state index contributed by atoms with van der Waals surface area (Å²) in [5.74, 6) is -0.820. The van der Waals surface area contributed by atoms with Crippen LogP contribution in [-0.2, 0) is 28.5 Å². The molecule has 0 bridgehead atoms. The Kier molecular flexibility index (Phi) is 9.42. The van der Waals surface area contributed by atoms with Gasteiger partial charge >= 0.3 is 11.9 Å². The van der Waals surface area contributed by atoms with Gasteiger partial charge in [-0.15, -0.1) is 0 Å². The molecule has 0 spiro atoms. The highest BCUT2D eigenvalue weighted by Crippen LogP contribution is 2.12. The summed E-state index contributed by atoms with van der Waals surface area (Å²) in [6.07, 6.45) is 0. The fourth-order valence-corrected chi connectivity index (χ4v) is 1.87. The van der Waals surface area contributed by atoms with Gasteiger partial charge in [0.2, 0.25) is 0 Å². The molecular formula is C16H23NO6. The van der Waals surface area contributed by atoms with Gasteiger partial charge in [-0.05, 0) is 12.1 Å². The largest absolute Gasteiger partial charge is 0.462 e. The molecule has 0 atom stereocenters. The van der Waals surface area contributed by atoms with Crippen LogP contribution in [0.3, 0.4) is 0 Å². The van der Waals surface area contributed by atoms with Gasteiger partial charge in [0.05, 0.1) is 13.1 Å². The van der Waals surface area contributed by atoms with E-state index in [0.29, 0.717) is 13.1 Å². The normalized spacial score (nSPS) is 10.2. The van der Waals surface area contributed by atoms with E-state index >= 15 is 0 Å². The van der Waals surface area contributed by atoms with Gasteiger partial charge < -0.3 is 23.8 Å². The van der Waals surface area contributed by atoms with E-state index in [0.717, 1.165) is 5.69 Å². The van der Waals surface area contributed by atoms with Crippen molar-refractivity contribution in [3.63, 3.8) is 0 Å². The maximum Gasteiger partial charge on any atom is 0.332 e. The van der Waals surface area contributed by atoms with Crippen LogP contribution in [0.15, 0.2) is 30.3 Å². The molecule has 0 heterocycles. The fraction of sp³-hybridized carbons (Fsp3) is 0.500. The zero-order valence-electron chi connectivity index (χ0n) is 13.5. The number of hydrogen-bond donors (Lipinski definition) is 0. The molecule has 7 nitrogen and oxygen atoms in total. The molecule has 0 saturated heterocycles. The van der Waals surface area contributed by atoms with Gasteiger partial charge in [0.15, 0.2) is 0 Å². The summed E-state index contributed by atoms with van der Waals surface area (Å²) in [7, 11) is 2.87. The second-order valence-electron chi connectivity index (χ2n) is 4.63. The summed E-state index contributed by atoms with van der Waals surface area (Å²) >= 11 is 0. The lowest BCUT2D eigenvalue weighted by atomic mass is 10.3. The van der Waals surface area contributed by atoms with Gasteiger partial charge in [-0.2, -0.15) is 0 Å². The minimum atomic E-state index is -0.410. The van der Waals surface area contributed by atoms with Crippen LogP contribution in [0.2, 0.25) is 0 Å². The van der Waals surface area contributed by atoms with Crippen LogP contribution in [0.5, 0.6) is 0 Å². The first-order chi connectivity index (χ1) is 11.2. The highest BCUT2D eigenvalue weighted by Gasteiger charge is 2.10. The Morgan fingerprint density at radius 1 is 0.870 bits per heavy atom. The Hall–Kier alpha value is -2.12. The molecule has 0 amide bonds. The zero-order chi connectivity index (χ0) is 16.9. The van der Waals surface area contributed by atoms with E-state index < -0.39 is 11.9 Å². The highest BCUT2D eigenvalue weighted by atomic mass is 16.6. The van der Waals surface area contributed by atoms with Gasteiger partial charge in [-0.25, -0.2) is 9.59 Å². The maximum absolute atomic E-state index is 11.3. The van der Waals surface area contributed by atoms with Crippen LogP contribution in [0.25, 0.3) is 0 Å². The minimum absolute atomic E-state index is 0.0695. The van der Waals surface area contributed by atoms with Crippen LogP contribution in [-0.4, -0.2) is 65.7 Å². The van der Waals surface area contributed by atoms with E-state index in [1.54, 1.807) is 0 Å². The second-order valence-corrected chi connectivity index (χ2v) is 4.63. The fourth-order valence-electron chi connectivity index (χ4n) is 1.87. The third kappa shape index (κ3) is 8.18. The molecule has 7 heteroatoms. The molecule has 23 heavy (non-hydrogen) atoms. The SMILES string of the molecule is COCC(=O)OCCN(CCOC(=O)COC)c1ccccc1. The summed E-state index contributed by atoms with van der Waals surface area (Å²) in [4.78, 5) is 24.5. The molecule has 0 N–H and O–H groups in total. The van der Waals surface area contributed by atoms with Crippen molar-refractivity contribution in [2.24, 2.45) is 0 Å². The first-order valence-corrected chi connectivity index (χ1v) is 7.26. The monoisotopic (exact) mass is 325 g/mol. The molecule has 0 fully saturated rings. The number of para-hydroxylation sites is 1. The number of carbonyl (C=O) groups is 2. The quantitative estimate of drug-likeness (QED) is 0.559. The van der Waals surface area contributed by atoms with E-state index in [4.69, 9.17) is 18.9 Å². The molecule has 1 rings (SSSR count). The van der Waals surface area contributed by atoms with Gasteiger partial charge in [0.1, 0.15) is 26.4 Å². The van der Waals surface area contributed by atoms with Crippen molar-refractivity contribution in [3.05, 3.63) is 30.3 Å². The number of esters is 2. The summed E-state index contributed by atoms with van der Waals surface area (Å²) in [6, 6.07) is 9.62. The molecule has 128 valence electrons. The number of anilines is 1. The highest BCUT2D eigenvalue weighted by molar-refractivity contribution is 5.71. The van der Waals surface area contributed by atoms with E-state index in [1.807, 2.05) is 35.2 Å². The predicted molar refractivity (Wildman–Crippen MR) is 84.3 cm³/mol. The number of benzene rings is 1. The summed E-state index contributed by atoms with van der Waals surface area (Å²) in [5.41, 5.74) is 0.957. The number of hydrogen-bond acceptors (Lipinski definition) is 7. The van der Waals surface area contributed by atoms with Gasteiger partial charge in [-0.1, -0.05) is 18.2 Å². The van der Waals surface area contributed by atoms with Crippen molar-refractivity contribution in [1.29, 1.82) is 0 Å². The van der Waals surface area contributed by atoms with Crippen molar-refractivity contribution in [3.8, 4) is 0 Å². The third-order valence-corrected chi connectivity index (χ3v) is 2.89. The van der Waals surface area contributed by atoms with Crippen molar-refractivity contribution < 1.29 is 28.5 Å². The van der Waals surface area contributed by atoms with Crippen molar-refractivity contribution in [1.82, 2.24) is 0 Å². The lowest BCUT2D eigenvalue weighted by molar-refractivity contribution is -0.147. The summed E-state index contributed by atoms with van der Waals surface area (Å²) < 4.78 is 19.5. The Labute approximate surface area is 136 Å². The average molecular weight is 325 g/mol. The molecule has 0 aliphatic heterocycles. The smallest absolute Gasteiger partial charge is 0.332 e. The Bertz CT molecular complexity index is 441. The maximum atomic E-state index is 11.3. The summed E-state index contributed by atoms with van der Waals surface area (Å²) in [5, 5.41) is 0. The number of ether oxygens (including phenoxy) is 4. The number of nitrogens with zero attached hydrogens (tertiary/aromatic N) is 1. The van der Waals surface area contributed by atoms with Crippen LogP contribution in [0.1, 0.15) is 0 Å². The molecule has 0 unspecified atom stereocenters. The van der Waals surface area contributed by atoms with E-state index in [9.17, 15) is 9.59 Å². The number of methoxy groups -OCH3 is 2. The summed E-state index contributed by atoms with van der Waals surface area (Å²) in [6.45, 7) is 1.29. The number of carbonyl (C=O) groups excluding carboxylic acids is 2. The second kappa shape index (κ2) is 11.4. The molecule has 0 aliphatic rings. The predicted octanol–water partition coefficient (Wildman–Crippen LogP) is 0.872. The van der Waals surface area contributed by atoms with Crippen LogP contribution >= 0.6 is 0 Å². The molecule has 0 aromatic heterocycles.